The van der Waals surface area contributed by atoms with Crippen molar-refractivity contribution in [3.63, 3.8) is 0 Å². The van der Waals surface area contributed by atoms with Gasteiger partial charge in [-0.3, -0.25) is 0 Å². The molecule has 0 saturated heterocycles. The molecule has 0 amide bonds. The number of unbranched alkanes of at least 4 members (excludes halogenated alkanes) is 2. The highest BCUT2D eigenvalue weighted by Crippen LogP contribution is 1.99. The van der Waals surface area contributed by atoms with Gasteiger partial charge < -0.3 is 0 Å². The Hall–Kier alpha value is -0.780. The van der Waals surface area contributed by atoms with E-state index in [0.29, 0.717) is 0 Å². The lowest BCUT2D eigenvalue weighted by molar-refractivity contribution is 0.865. The first-order chi connectivity index (χ1) is 6.41. The third-order valence-electron chi connectivity index (χ3n) is 1.82. The zero-order valence-corrected chi connectivity index (χ0v) is 9.00. The van der Waals surface area contributed by atoms with E-state index in [-0.39, 0.29) is 0 Å². The molecular formula is C13H22. The molecule has 0 saturated carbocycles. The quantitative estimate of drug-likeness (QED) is 0.393. The van der Waals surface area contributed by atoms with Crippen LogP contribution in [0.2, 0.25) is 0 Å². The summed E-state index contributed by atoms with van der Waals surface area (Å²) in [5.74, 6) is 0. The average Bonchev–Trinajstić information content (AvgIpc) is 2.16. The first kappa shape index (κ1) is 12.2. The van der Waals surface area contributed by atoms with E-state index < -0.39 is 0 Å². The van der Waals surface area contributed by atoms with E-state index in [4.69, 9.17) is 0 Å². The van der Waals surface area contributed by atoms with E-state index >= 15 is 0 Å². The summed E-state index contributed by atoms with van der Waals surface area (Å²) in [6, 6.07) is 0. The molecule has 0 radical (unpaired) electrons. The molecule has 0 aliphatic carbocycles. The predicted molar refractivity (Wildman–Crippen MR) is 61.9 cm³/mol. The molecule has 74 valence electrons. The molecule has 0 aromatic heterocycles. The van der Waals surface area contributed by atoms with Crippen LogP contribution in [0.3, 0.4) is 0 Å². The molecule has 0 spiro atoms. The van der Waals surface area contributed by atoms with Gasteiger partial charge in [0, 0.05) is 0 Å². The van der Waals surface area contributed by atoms with Gasteiger partial charge in [0.1, 0.15) is 0 Å². The standard InChI is InChI=1S/C13H22/c1-3-5-7-9-11-13-12-10-8-6-4-2/h3,5-6,8,12-13H,4,7,9-11H2,1-2H3/b5-3+,8-6+,13-12+. The third kappa shape index (κ3) is 11.2. The molecule has 0 aliphatic rings. The predicted octanol–water partition coefficient (Wildman–Crippen LogP) is 4.65. The summed E-state index contributed by atoms with van der Waals surface area (Å²) in [6.45, 7) is 4.24. The normalized spacial score (nSPS) is 12.5. The van der Waals surface area contributed by atoms with Gasteiger partial charge in [0.15, 0.2) is 0 Å². The highest BCUT2D eigenvalue weighted by Gasteiger charge is 1.78. The minimum Gasteiger partial charge on any atom is -0.0917 e. The maximum Gasteiger partial charge on any atom is -0.0169 e. The van der Waals surface area contributed by atoms with Gasteiger partial charge in [-0.1, -0.05) is 43.4 Å². The molecule has 0 nitrogen and oxygen atoms in total. The molecule has 0 fully saturated rings. The Balaban J connectivity index is 3.17. The van der Waals surface area contributed by atoms with Crippen molar-refractivity contribution >= 4 is 0 Å². The SMILES string of the molecule is C/C=C/CCC/C=C/C/C=C/CC. The lowest BCUT2D eigenvalue weighted by atomic mass is 10.2. The van der Waals surface area contributed by atoms with E-state index in [0.717, 1.165) is 12.8 Å². The van der Waals surface area contributed by atoms with E-state index in [1.54, 1.807) is 0 Å². The maximum atomic E-state index is 2.28. The van der Waals surface area contributed by atoms with Crippen LogP contribution >= 0.6 is 0 Å². The lowest BCUT2D eigenvalue weighted by Crippen LogP contribution is -1.68. The van der Waals surface area contributed by atoms with Crippen LogP contribution in [0.15, 0.2) is 36.5 Å². The Morgan fingerprint density at radius 1 is 0.846 bits per heavy atom. The van der Waals surface area contributed by atoms with Crippen LogP contribution in [-0.4, -0.2) is 0 Å². The van der Waals surface area contributed by atoms with Gasteiger partial charge in [0.25, 0.3) is 0 Å². The second-order valence-electron chi connectivity index (χ2n) is 3.09. The fourth-order valence-corrected chi connectivity index (χ4v) is 1.08. The second-order valence-corrected chi connectivity index (χ2v) is 3.09. The minimum atomic E-state index is 1.09. The topological polar surface area (TPSA) is 0 Å². The molecular weight excluding hydrogens is 156 g/mol. The summed E-state index contributed by atoms with van der Waals surface area (Å²) < 4.78 is 0. The molecule has 0 rings (SSSR count). The van der Waals surface area contributed by atoms with Crippen LogP contribution in [0.25, 0.3) is 0 Å². The summed E-state index contributed by atoms with van der Waals surface area (Å²) in [4.78, 5) is 0. The zero-order chi connectivity index (χ0) is 9.78. The van der Waals surface area contributed by atoms with E-state index in [1.807, 2.05) is 0 Å². The van der Waals surface area contributed by atoms with Crippen LogP contribution in [-0.2, 0) is 0 Å². The van der Waals surface area contributed by atoms with Crippen molar-refractivity contribution in [2.24, 2.45) is 0 Å². The van der Waals surface area contributed by atoms with Gasteiger partial charge in [-0.15, -0.1) is 0 Å². The molecule has 0 bridgehead atoms. The van der Waals surface area contributed by atoms with E-state index in [2.05, 4.69) is 50.3 Å². The Morgan fingerprint density at radius 3 is 2.23 bits per heavy atom. The van der Waals surface area contributed by atoms with Crippen molar-refractivity contribution in [3.8, 4) is 0 Å². The van der Waals surface area contributed by atoms with Crippen LogP contribution in [0.5, 0.6) is 0 Å². The molecule has 0 atom stereocenters. The van der Waals surface area contributed by atoms with Gasteiger partial charge in [-0.05, 0) is 39.0 Å². The van der Waals surface area contributed by atoms with E-state index in [1.165, 1.54) is 19.3 Å². The van der Waals surface area contributed by atoms with Crippen molar-refractivity contribution in [1.82, 2.24) is 0 Å². The smallest absolute Gasteiger partial charge is 0.0169 e. The van der Waals surface area contributed by atoms with Gasteiger partial charge >= 0.3 is 0 Å². The first-order valence-corrected chi connectivity index (χ1v) is 5.33. The van der Waals surface area contributed by atoms with E-state index in [9.17, 15) is 0 Å². The number of hydrogen-bond donors (Lipinski definition) is 0. The van der Waals surface area contributed by atoms with Crippen molar-refractivity contribution in [2.45, 2.75) is 46.0 Å². The molecule has 0 heteroatoms. The third-order valence-corrected chi connectivity index (χ3v) is 1.82. The number of hydrogen-bond acceptors (Lipinski definition) is 0. The molecule has 13 heavy (non-hydrogen) atoms. The molecule has 0 unspecified atom stereocenters. The van der Waals surface area contributed by atoms with Gasteiger partial charge in [0.2, 0.25) is 0 Å². The Morgan fingerprint density at radius 2 is 1.54 bits per heavy atom. The van der Waals surface area contributed by atoms with Crippen molar-refractivity contribution in [3.05, 3.63) is 36.5 Å². The van der Waals surface area contributed by atoms with Gasteiger partial charge in [0.05, 0.1) is 0 Å². The summed E-state index contributed by atoms with van der Waals surface area (Å²) >= 11 is 0. The fourth-order valence-electron chi connectivity index (χ4n) is 1.08. The molecule has 0 aromatic carbocycles. The molecule has 0 heterocycles. The van der Waals surface area contributed by atoms with Crippen molar-refractivity contribution in [2.75, 3.05) is 0 Å². The second kappa shape index (κ2) is 11.2. The van der Waals surface area contributed by atoms with Gasteiger partial charge in [-0.25, -0.2) is 0 Å². The Kier molecular flexibility index (Phi) is 10.5. The number of rotatable bonds is 7. The molecule has 0 aromatic rings. The summed E-state index contributed by atoms with van der Waals surface area (Å²) in [7, 11) is 0. The molecule has 0 aliphatic heterocycles. The van der Waals surface area contributed by atoms with Crippen LogP contribution in [0.4, 0.5) is 0 Å². The van der Waals surface area contributed by atoms with Crippen molar-refractivity contribution in [1.29, 1.82) is 0 Å². The fraction of sp³-hybridized carbons (Fsp3) is 0.538. The average molecular weight is 178 g/mol. The lowest BCUT2D eigenvalue weighted by Gasteiger charge is -1.88. The minimum absolute atomic E-state index is 1.09. The van der Waals surface area contributed by atoms with Crippen LogP contribution in [0, 0.1) is 0 Å². The van der Waals surface area contributed by atoms with Crippen molar-refractivity contribution < 1.29 is 0 Å². The summed E-state index contributed by atoms with van der Waals surface area (Å²) in [5.41, 5.74) is 0. The summed E-state index contributed by atoms with van der Waals surface area (Å²) in [5, 5.41) is 0. The van der Waals surface area contributed by atoms with Crippen LogP contribution < -0.4 is 0 Å². The summed E-state index contributed by atoms with van der Waals surface area (Å²) in [6.07, 6.45) is 19.3. The zero-order valence-electron chi connectivity index (χ0n) is 9.00. The highest BCUT2D eigenvalue weighted by molar-refractivity contribution is 4.92. The maximum absolute atomic E-state index is 2.28. The number of allylic oxidation sites excluding steroid dienone is 6. The highest BCUT2D eigenvalue weighted by atomic mass is 13.8. The monoisotopic (exact) mass is 178 g/mol. The molecule has 0 N–H and O–H groups in total. The van der Waals surface area contributed by atoms with Crippen LogP contribution in [0.1, 0.15) is 46.0 Å². The Bertz CT molecular complexity index is 161. The largest absolute Gasteiger partial charge is 0.0917 e. The Labute approximate surface area is 83.0 Å². The first-order valence-electron chi connectivity index (χ1n) is 5.33. The van der Waals surface area contributed by atoms with Gasteiger partial charge in [-0.2, -0.15) is 0 Å².